The summed E-state index contributed by atoms with van der Waals surface area (Å²) in [5.74, 6) is 0.886. The molecule has 216 valence electrons. The summed E-state index contributed by atoms with van der Waals surface area (Å²) in [5, 5.41) is 3.20. The lowest BCUT2D eigenvalue weighted by atomic mass is 9.97. The van der Waals surface area contributed by atoms with Crippen molar-refractivity contribution in [3.05, 3.63) is 16.6 Å². The molecule has 12 heteroatoms. The second-order valence-electron chi connectivity index (χ2n) is 11.1. The van der Waals surface area contributed by atoms with E-state index < -0.39 is 11.2 Å². The third-order valence-electron chi connectivity index (χ3n) is 5.56. The molecule has 1 aromatic rings. The van der Waals surface area contributed by atoms with Crippen LogP contribution in [0.1, 0.15) is 78.2 Å². The minimum absolute atomic E-state index is 0.111. The molecule has 3 heterocycles. The Bertz CT molecular complexity index is 871. The summed E-state index contributed by atoms with van der Waals surface area (Å²) in [5.41, 5.74) is 4.74. The molecule has 2 aliphatic rings. The van der Waals surface area contributed by atoms with Crippen molar-refractivity contribution in [2.24, 2.45) is 11.7 Å². The highest BCUT2D eigenvalue weighted by molar-refractivity contribution is 7.80. The molecule has 2 fully saturated rings. The van der Waals surface area contributed by atoms with Crippen molar-refractivity contribution in [3.63, 3.8) is 0 Å². The van der Waals surface area contributed by atoms with E-state index in [1.807, 2.05) is 53.1 Å². The number of piperidine rings is 2. The van der Waals surface area contributed by atoms with Crippen molar-refractivity contribution < 1.29 is 23.9 Å². The van der Waals surface area contributed by atoms with Gasteiger partial charge in [-0.15, -0.1) is 22.9 Å². The Hall–Kier alpha value is -1.98. The second kappa shape index (κ2) is 16.2. The Morgan fingerprint density at radius 3 is 1.76 bits per heavy atom. The lowest BCUT2D eigenvalue weighted by Gasteiger charge is -2.33. The van der Waals surface area contributed by atoms with Crippen molar-refractivity contribution >= 4 is 58.6 Å². The number of aldehydes is 1. The van der Waals surface area contributed by atoms with E-state index in [-0.39, 0.29) is 24.0 Å². The first-order chi connectivity index (χ1) is 17.7. The number of thiocarbonyl (C=S) groups is 1. The SMILES string of the molecule is CC(C)(C)OC(=O)N1CCC(C(N)=S)CC1.CC(C)(C)OC(=O)N1CCC(c2nccs2)CC1.O=CCCl. The summed E-state index contributed by atoms with van der Waals surface area (Å²) in [6.07, 6.45) is 5.69. The molecule has 1 aromatic heterocycles. The smallest absolute Gasteiger partial charge is 0.410 e. The molecule has 0 spiro atoms. The number of nitrogens with two attached hydrogens (primary N) is 1. The molecule has 0 atom stereocenters. The summed E-state index contributed by atoms with van der Waals surface area (Å²) < 4.78 is 10.7. The summed E-state index contributed by atoms with van der Waals surface area (Å²) in [6.45, 7) is 14.2. The number of hydrogen-bond acceptors (Lipinski definition) is 8. The standard InChI is InChI=1S/C13H20N2O2S.C11H20N2O2S.C2H3ClO/c1-13(2,3)17-12(16)15-7-4-10(5-8-15)11-14-6-9-18-11;1-11(2,3)15-10(14)13-6-4-8(5-7-13)9(12)16;3-1-2-4/h6,9-10H,4-5,7-8H2,1-3H3;8H,4-7H2,1-3H3,(H2,12,16);2H,1H2. The second-order valence-corrected chi connectivity index (χ2v) is 12.8. The Morgan fingerprint density at radius 2 is 1.45 bits per heavy atom. The van der Waals surface area contributed by atoms with E-state index in [4.69, 9.17) is 43.8 Å². The van der Waals surface area contributed by atoms with Gasteiger partial charge in [0, 0.05) is 49.6 Å². The van der Waals surface area contributed by atoms with Crippen LogP contribution < -0.4 is 5.73 Å². The third kappa shape index (κ3) is 13.7. The molecular formula is C26H43ClN4O5S2. The number of amides is 2. The van der Waals surface area contributed by atoms with E-state index in [2.05, 4.69) is 4.98 Å². The molecule has 9 nitrogen and oxygen atoms in total. The molecule has 0 unspecified atom stereocenters. The van der Waals surface area contributed by atoms with E-state index >= 15 is 0 Å². The molecule has 0 radical (unpaired) electrons. The number of aromatic nitrogens is 1. The van der Waals surface area contributed by atoms with Gasteiger partial charge in [0.2, 0.25) is 0 Å². The van der Waals surface area contributed by atoms with Crippen LogP contribution in [0.2, 0.25) is 0 Å². The van der Waals surface area contributed by atoms with E-state index in [9.17, 15) is 9.59 Å². The van der Waals surface area contributed by atoms with E-state index in [1.165, 1.54) is 5.01 Å². The monoisotopic (exact) mass is 590 g/mol. The minimum atomic E-state index is -0.433. The Kier molecular flexibility index (Phi) is 14.5. The summed E-state index contributed by atoms with van der Waals surface area (Å²) >= 11 is 11.5. The number of thiazole rings is 1. The zero-order chi connectivity index (χ0) is 28.9. The lowest BCUT2D eigenvalue weighted by molar-refractivity contribution is -0.105. The zero-order valence-electron chi connectivity index (χ0n) is 23.4. The maximum Gasteiger partial charge on any atom is 0.410 e. The van der Waals surface area contributed by atoms with Gasteiger partial charge in [-0.1, -0.05) is 12.2 Å². The fourth-order valence-electron chi connectivity index (χ4n) is 3.74. The zero-order valence-corrected chi connectivity index (χ0v) is 25.8. The average Bonchev–Trinajstić information content (AvgIpc) is 3.38. The van der Waals surface area contributed by atoms with Gasteiger partial charge in [-0.2, -0.15) is 0 Å². The average molecular weight is 591 g/mol. The van der Waals surface area contributed by atoms with Gasteiger partial charge in [-0.3, -0.25) is 0 Å². The maximum atomic E-state index is 11.9. The van der Waals surface area contributed by atoms with Gasteiger partial charge in [-0.05, 0) is 67.2 Å². The molecule has 0 aromatic carbocycles. The molecule has 0 bridgehead atoms. The van der Waals surface area contributed by atoms with Crippen LogP contribution >= 0.6 is 35.2 Å². The van der Waals surface area contributed by atoms with Crippen LogP contribution in [-0.2, 0) is 14.3 Å². The number of halogens is 1. The van der Waals surface area contributed by atoms with Crippen molar-refractivity contribution in [1.29, 1.82) is 0 Å². The van der Waals surface area contributed by atoms with Crippen molar-refractivity contribution in [3.8, 4) is 0 Å². The highest BCUT2D eigenvalue weighted by atomic mass is 35.5. The molecule has 2 N–H and O–H groups in total. The van der Waals surface area contributed by atoms with Crippen LogP contribution in [0.4, 0.5) is 9.59 Å². The van der Waals surface area contributed by atoms with Crippen LogP contribution in [0.25, 0.3) is 0 Å². The summed E-state index contributed by atoms with van der Waals surface area (Å²) in [7, 11) is 0. The number of carbonyl (C=O) groups excluding carboxylic acids is 3. The lowest BCUT2D eigenvalue weighted by Crippen LogP contribution is -2.43. The molecule has 2 aliphatic heterocycles. The van der Waals surface area contributed by atoms with Gasteiger partial charge in [0.1, 0.15) is 17.5 Å². The number of carbonyl (C=O) groups is 3. The Morgan fingerprint density at radius 1 is 1.03 bits per heavy atom. The van der Waals surface area contributed by atoms with Crippen molar-refractivity contribution in [1.82, 2.24) is 14.8 Å². The van der Waals surface area contributed by atoms with Crippen LogP contribution in [0.3, 0.4) is 0 Å². The van der Waals surface area contributed by atoms with Crippen LogP contribution in [0, 0.1) is 5.92 Å². The quantitative estimate of drug-likeness (QED) is 0.275. The largest absolute Gasteiger partial charge is 0.444 e. The van der Waals surface area contributed by atoms with Gasteiger partial charge >= 0.3 is 12.2 Å². The fourth-order valence-corrected chi connectivity index (χ4v) is 4.79. The first kappa shape index (κ1) is 34.0. The molecule has 38 heavy (non-hydrogen) atoms. The van der Waals surface area contributed by atoms with E-state index in [1.54, 1.807) is 21.1 Å². The topological polar surface area (TPSA) is 115 Å². The van der Waals surface area contributed by atoms with Crippen LogP contribution in [-0.4, -0.2) is 81.5 Å². The first-order valence-electron chi connectivity index (χ1n) is 12.8. The van der Waals surface area contributed by atoms with Gasteiger partial charge < -0.3 is 29.8 Å². The molecule has 3 rings (SSSR count). The Balaban J connectivity index is 0.000000335. The number of rotatable bonds is 3. The molecule has 2 saturated heterocycles. The number of likely N-dealkylation sites (tertiary alicyclic amines) is 2. The minimum Gasteiger partial charge on any atom is -0.444 e. The molecule has 0 saturated carbocycles. The highest BCUT2D eigenvalue weighted by Crippen LogP contribution is 2.29. The fraction of sp³-hybridized carbons (Fsp3) is 0.731. The number of ether oxygens (including phenoxy) is 2. The molecular weight excluding hydrogens is 548 g/mol. The summed E-state index contributed by atoms with van der Waals surface area (Å²) in [6, 6.07) is 0. The van der Waals surface area contributed by atoms with Crippen LogP contribution in [0.5, 0.6) is 0 Å². The molecule has 0 aliphatic carbocycles. The van der Waals surface area contributed by atoms with E-state index in [0.29, 0.717) is 30.3 Å². The highest BCUT2D eigenvalue weighted by Gasteiger charge is 2.29. The maximum absolute atomic E-state index is 11.9. The number of nitrogens with zero attached hydrogens (tertiary/aromatic N) is 3. The number of hydrogen-bond donors (Lipinski definition) is 1. The summed E-state index contributed by atoms with van der Waals surface area (Å²) in [4.78, 5) is 41.1. The van der Waals surface area contributed by atoms with Gasteiger partial charge in [0.25, 0.3) is 0 Å². The normalized spacial score (nSPS) is 16.8. The van der Waals surface area contributed by atoms with Gasteiger partial charge in [0.15, 0.2) is 0 Å². The Labute approximate surface area is 241 Å². The van der Waals surface area contributed by atoms with E-state index in [0.717, 1.165) is 38.8 Å². The van der Waals surface area contributed by atoms with Crippen molar-refractivity contribution in [2.75, 3.05) is 32.1 Å². The van der Waals surface area contributed by atoms with Crippen molar-refractivity contribution in [2.45, 2.75) is 84.3 Å². The van der Waals surface area contributed by atoms with Crippen LogP contribution in [0.15, 0.2) is 11.6 Å². The molecule has 2 amide bonds. The predicted molar refractivity (Wildman–Crippen MR) is 156 cm³/mol. The first-order valence-corrected chi connectivity index (χ1v) is 14.6. The predicted octanol–water partition coefficient (Wildman–Crippen LogP) is 5.60. The van der Waals surface area contributed by atoms with Gasteiger partial charge in [0.05, 0.1) is 15.9 Å². The third-order valence-corrected chi connectivity index (χ3v) is 6.96. The van der Waals surface area contributed by atoms with Gasteiger partial charge in [-0.25, -0.2) is 14.6 Å². The number of alkyl halides is 1.